The summed E-state index contributed by atoms with van der Waals surface area (Å²) in [5, 5.41) is 1.88. The van der Waals surface area contributed by atoms with Gasteiger partial charge < -0.3 is 4.84 Å². The minimum atomic E-state index is -5.77. The van der Waals surface area contributed by atoms with Gasteiger partial charge in [-0.05, 0) is 19.1 Å². The zero-order valence-corrected chi connectivity index (χ0v) is 9.84. The number of nitrogens with zero attached hydrogens (tertiary/aromatic N) is 1. The van der Waals surface area contributed by atoms with E-state index in [1.807, 2.05) is 5.16 Å². The van der Waals surface area contributed by atoms with E-state index >= 15 is 0 Å². The maximum absolute atomic E-state index is 12.1. The molecular formula is C11H7F6NO2. The quantitative estimate of drug-likeness (QED) is 0.362. The fraction of sp³-hybridized carbons (Fsp3) is 0.273. The minimum Gasteiger partial charge on any atom is -0.312 e. The predicted molar refractivity (Wildman–Crippen MR) is 56.1 cm³/mol. The van der Waals surface area contributed by atoms with Gasteiger partial charge in [-0.3, -0.25) is 0 Å². The van der Waals surface area contributed by atoms with Crippen LogP contribution in [0.25, 0.3) is 0 Å². The third-order valence-corrected chi connectivity index (χ3v) is 2.04. The number of carbonyl (C=O) groups excluding carboxylic acids is 1. The van der Waals surface area contributed by atoms with Gasteiger partial charge in [-0.15, -0.1) is 0 Å². The molecule has 1 aromatic rings. The summed E-state index contributed by atoms with van der Waals surface area (Å²) in [6.07, 6.45) is -11.5. The Labute approximate surface area is 108 Å². The molecule has 20 heavy (non-hydrogen) atoms. The number of halogens is 6. The number of hydrogen-bond donors (Lipinski definition) is 0. The lowest BCUT2D eigenvalue weighted by atomic mass is 10.2. The van der Waals surface area contributed by atoms with E-state index in [1.54, 1.807) is 6.92 Å². The van der Waals surface area contributed by atoms with Gasteiger partial charge in [0.05, 0.1) is 5.56 Å². The average molecular weight is 299 g/mol. The Kier molecular flexibility index (Phi) is 4.41. The number of rotatable bonds is 2. The number of hydrogen-bond acceptors (Lipinski definition) is 3. The lowest BCUT2D eigenvalue weighted by molar-refractivity contribution is -0.121. The molecule has 1 aromatic carbocycles. The fourth-order valence-corrected chi connectivity index (χ4v) is 1.09. The van der Waals surface area contributed by atoms with Crippen molar-refractivity contribution < 1.29 is 36.0 Å². The van der Waals surface area contributed by atoms with E-state index in [1.165, 1.54) is 24.3 Å². The topological polar surface area (TPSA) is 38.7 Å². The summed E-state index contributed by atoms with van der Waals surface area (Å²) >= 11 is 0. The van der Waals surface area contributed by atoms with Crippen molar-refractivity contribution in [2.24, 2.45) is 5.16 Å². The Hall–Kier alpha value is -2.06. The summed E-state index contributed by atoms with van der Waals surface area (Å²) in [6, 6.07) is 5.26. The molecule has 3 nitrogen and oxygen atoms in total. The van der Waals surface area contributed by atoms with Crippen LogP contribution < -0.4 is 0 Å². The van der Waals surface area contributed by atoms with Gasteiger partial charge in [0.1, 0.15) is 0 Å². The summed E-state index contributed by atoms with van der Waals surface area (Å²) in [5.74, 6) is -1.42. The van der Waals surface area contributed by atoms with Crippen LogP contribution in [0.2, 0.25) is 0 Å². The van der Waals surface area contributed by atoms with Crippen molar-refractivity contribution >= 4 is 11.7 Å². The number of benzene rings is 1. The van der Waals surface area contributed by atoms with Crippen LogP contribution in [0.1, 0.15) is 15.9 Å². The highest BCUT2D eigenvalue weighted by molar-refractivity contribution is 5.95. The molecule has 9 heteroatoms. The Morgan fingerprint density at radius 2 is 1.45 bits per heavy atom. The first-order valence-electron chi connectivity index (χ1n) is 5.02. The van der Waals surface area contributed by atoms with Crippen LogP contribution in [-0.4, -0.2) is 24.0 Å². The van der Waals surface area contributed by atoms with Gasteiger partial charge >= 0.3 is 18.3 Å². The lowest BCUT2D eigenvalue weighted by Gasteiger charge is -2.12. The molecule has 0 N–H and O–H groups in total. The SMILES string of the molecule is Cc1ccc(C(=O)ON=C(C(F)(F)F)C(F)(F)F)cc1. The van der Waals surface area contributed by atoms with E-state index < -0.39 is 24.0 Å². The van der Waals surface area contributed by atoms with E-state index in [4.69, 9.17) is 0 Å². The normalized spacial score (nSPS) is 11.9. The fourth-order valence-electron chi connectivity index (χ4n) is 1.09. The Bertz CT molecular complexity index is 499. The molecule has 0 aromatic heterocycles. The van der Waals surface area contributed by atoms with Crippen LogP contribution in [-0.2, 0) is 4.84 Å². The second kappa shape index (κ2) is 5.51. The van der Waals surface area contributed by atoms with Crippen LogP contribution in [0, 0.1) is 6.92 Å². The van der Waals surface area contributed by atoms with E-state index in [2.05, 4.69) is 4.84 Å². The molecule has 0 amide bonds. The van der Waals surface area contributed by atoms with Crippen molar-refractivity contribution in [3.63, 3.8) is 0 Å². The largest absolute Gasteiger partial charge is 0.441 e. The standard InChI is InChI=1S/C11H7F6NO2/c1-6-2-4-7(5-3-6)8(19)20-18-9(10(12,13)14)11(15,16)17/h2-5H,1H3. The van der Waals surface area contributed by atoms with Gasteiger partial charge in [0.25, 0.3) is 5.71 Å². The molecular weight excluding hydrogens is 292 g/mol. The minimum absolute atomic E-state index is 0.219. The molecule has 0 radical (unpaired) electrons. The summed E-state index contributed by atoms with van der Waals surface area (Å²) in [7, 11) is 0. The molecule has 0 bridgehead atoms. The molecule has 0 saturated heterocycles. The van der Waals surface area contributed by atoms with Crippen molar-refractivity contribution in [1.29, 1.82) is 0 Å². The van der Waals surface area contributed by atoms with E-state index in [0.717, 1.165) is 5.56 Å². The highest BCUT2D eigenvalue weighted by Gasteiger charge is 2.54. The molecule has 0 unspecified atom stereocenters. The molecule has 0 aliphatic carbocycles. The Morgan fingerprint density at radius 1 is 1.00 bits per heavy atom. The monoisotopic (exact) mass is 299 g/mol. The molecule has 0 aliphatic heterocycles. The van der Waals surface area contributed by atoms with Crippen LogP contribution >= 0.6 is 0 Å². The molecule has 0 atom stereocenters. The molecule has 0 heterocycles. The summed E-state index contributed by atoms with van der Waals surface area (Å²) in [5.41, 5.74) is -2.61. The van der Waals surface area contributed by atoms with E-state index in [9.17, 15) is 31.1 Å². The van der Waals surface area contributed by atoms with Crippen molar-refractivity contribution in [3.8, 4) is 0 Å². The molecule has 0 aliphatic rings. The Morgan fingerprint density at radius 3 is 1.85 bits per heavy atom. The van der Waals surface area contributed by atoms with Crippen molar-refractivity contribution in [2.45, 2.75) is 19.3 Å². The van der Waals surface area contributed by atoms with E-state index in [0.29, 0.717) is 0 Å². The predicted octanol–water partition coefficient (Wildman–Crippen LogP) is 3.63. The second-order valence-corrected chi connectivity index (χ2v) is 3.68. The lowest BCUT2D eigenvalue weighted by Crippen LogP contribution is -2.37. The zero-order chi connectivity index (χ0) is 15.6. The van der Waals surface area contributed by atoms with Gasteiger partial charge in [0, 0.05) is 0 Å². The molecule has 0 spiro atoms. The number of oxime groups is 1. The highest BCUT2D eigenvalue weighted by atomic mass is 19.4. The summed E-state index contributed by atoms with van der Waals surface area (Å²) < 4.78 is 72.5. The van der Waals surface area contributed by atoms with Gasteiger partial charge in [0.15, 0.2) is 0 Å². The van der Waals surface area contributed by atoms with E-state index in [-0.39, 0.29) is 5.56 Å². The Balaban J connectivity index is 2.93. The molecule has 1 rings (SSSR count). The third-order valence-electron chi connectivity index (χ3n) is 2.04. The molecule has 110 valence electrons. The zero-order valence-electron chi connectivity index (χ0n) is 9.84. The maximum Gasteiger partial charge on any atom is 0.441 e. The van der Waals surface area contributed by atoms with Crippen LogP contribution in [0.5, 0.6) is 0 Å². The smallest absolute Gasteiger partial charge is 0.312 e. The first-order valence-corrected chi connectivity index (χ1v) is 5.02. The van der Waals surface area contributed by atoms with Crippen molar-refractivity contribution in [2.75, 3.05) is 0 Å². The van der Waals surface area contributed by atoms with Crippen LogP contribution in [0.4, 0.5) is 26.3 Å². The summed E-state index contributed by atoms with van der Waals surface area (Å²) in [6.45, 7) is 1.68. The van der Waals surface area contributed by atoms with Crippen molar-refractivity contribution in [3.05, 3.63) is 35.4 Å². The van der Waals surface area contributed by atoms with Gasteiger partial charge in [-0.2, -0.15) is 26.3 Å². The number of aryl methyl sites for hydroxylation is 1. The highest BCUT2D eigenvalue weighted by Crippen LogP contribution is 2.30. The second-order valence-electron chi connectivity index (χ2n) is 3.68. The number of alkyl halides is 6. The van der Waals surface area contributed by atoms with Gasteiger partial charge in [-0.1, -0.05) is 22.9 Å². The maximum atomic E-state index is 12.1. The van der Waals surface area contributed by atoms with Crippen LogP contribution in [0.3, 0.4) is 0 Å². The van der Waals surface area contributed by atoms with Crippen LogP contribution in [0.15, 0.2) is 29.4 Å². The molecule has 0 saturated carbocycles. The number of carbonyl (C=O) groups is 1. The average Bonchev–Trinajstić information content (AvgIpc) is 2.26. The van der Waals surface area contributed by atoms with Gasteiger partial charge in [-0.25, -0.2) is 4.79 Å². The van der Waals surface area contributed by atoms with Crippen molar-refractivity contribution in [1.82, 2.24) is 0 Å². The first-order chi connectivity index (χ1) is 9.01. The molecule has 0 fully saturated rings. The van der Waals surface area contributed by atoms with Gasteiger partial charge in [0.2, 0.25) is 0 Å². The first kappa shape index (κ1) is 16.0. The third kappa shape index (κ3) is 4.25. The summed E-state index contributed by atoms with van der Waals surface area (Å²) in [4.78, 5) is 14.9.